The van der Waals surface area contributed by atoms with Crippen LogP contribution < -0.4 is 5.73 Å². The molecular formula is C14H16N4. The van der Waals surface area contributed by atoms with E-state index in [4.69, 9.17) is 11.0 Å². The van der Waals surface area contributed by atoms with E-state index in [-0.39, 0.29) is 6.42 Å². The van der Waals surface area contributed by atoms with Crippen LogP contribution in [0.3, 0.4) is 0 Å². The Morgan fingerprint density at radius 1 is 1.28 bits per heavy atom. The van der Waals surface area contributed by atoms with E-state index in [9.17, 15) is 0 Å². The summed E-state index contributed by atoms with van der Waals surface area (Å²) in [5.41, 5.74) is 11.3. The summed E-state index contributed by atoms with van der Waals surface area (Å²) in [5, 5.41) is 13.0. The number of aromatic nitrogens is 2. The molecule has 0 aliphatic heterocycles. The van der Waals surface area contributed by atoms with E-state index in [1.54, 1.807) is 10.9 Å². The Kier molecular flexibility index (Phi) is 3.07. The van der Waals surface area contributed by atoms with Gasteiger partial charge in [0.25, 0.3) is 0 Å². The van der Waals surface area contributed by atoms with Crippen molar-refractivity contribution >= 4 is 5.82 Å². The van der Waals surface area contributed by atoms with Gasteiger partial charge in [-0.05, 0) is 31.9 Å². The predicted molar refractivity (Wildman–Crippen MR) is 71.5 cm³/mol. The van der Waals surface area contributed by atoms with Crippen LogP contribution in [0.4, 0.5) is 5.82 Å². The molecule has 0 unspecified atom stereocenters. The van der Waals surface area contributed by atoms with E-state index < -0.39 is 0 Å². The Morgan fingerprint density at radius 3 is 2.44 bits per heavy atom. The minimum absolute atomic E-state index is 0.287. The van der Waals surface area contributed by atoms with Crippen molar-refractivity contribution in [3.05, 3.63) is 40.6 Å². The highest BCUT2D eigenvalue weighted by Gasteiger charge is 2.13. The maximum Gasteiger partial charge on any atom is 0.131 e. The maximum atomic E-state index is 8.73. The third-order valence-corrected chi connectivity index (χ3v) is 3.00. The molecule has 0 atom stereocenters. The van der Waals surface area contributed by atoms with Crippen LogP contribution in [0, 0.1) is 32.1 Å². The largest absolute Gasteiger partial charge is 0.383 e. The molecule has 0 radical (unpaired) electrons. The van der Waals surface area contributed by atoms with Gasteiger partial charge in [0.05, 0.1) is 24.4 Å². The van der Waals surface area contributed by atoms with Crippen LogP contribution in [0.5, 0.6) is 0 Å². The lowest BCUT2D eigenvalue weighted by Gasteiger charge is -2.12. The van der Waals surface area contributed by atoms with E-state index in [2.05, 4.69) is 30.2 Å². The van der Waals surface area contributed by atoms with Crippen molar-refractivity contribution < 1.29 is 0 Å². The second-order valence-electron chi connectivity index (χ2n) is 4.55. The molecule has 0 aliphatic carbocycles. The van der Waals surface area contributed by atoms with Gasteiger partial charge in [0.15, 0.2) is 0 Å². The number of nitrogens with two attached hydrogens (primary N) is 1. The van der Waals surface area contributed by atoms with Crippen molar-refractivity contribution in [3.8, 4) is 11.8 Å². The molecular weight excluding hydrogens is 224 g/mol. The number of nitriles is 1. The van der Waals surface area contributed by atoms with E-state index in [1.807, 2.05) is 13.8 Å². The average Bonchev–Trinajstić information content (AvgIpc) is 2.61. The molecule has 0 aliphatic rings. The zero-order valence-corrected chi connectivity index (χ0v) is 10.9. The SMILES string of the molecule is Cc1cc(C)c(-n2ncc(CC#N)c2N)c(C)c1. The van der Waals surface area contributed by atoms with Crippen LogP contribution in [0.1, 0.15) is 22.3 Å². The molecule has 0 saturated heterocycles. The first-order valence-electron chi connectivity index (χ1n) is 5.82. The van der Waals surface area contributed by atoms with Gasteiger partial charge in [0.2, 0.25) is 0 Å². The predicted octanol–water partition coefficient (Wildman–Crippen LogP) is 2.45. The van der Waals surface area contributed by atoms with Crippen molar-refractivity contribution in [3.63, 3.8) is 0 Å². The number of hydrogen-bond donors (Lipinski definition) is 1. The first kappa shape index (κ1) is 12.2. The fraction of sp³-hybridized carbons (Fsp3) is 0.286. The van der Waals surface area contributed by atoms with Crippen LogP contribution in [-0.2, 0) is 6.42 Å². The van der Waals surface area contributed by atoms with Gasteiger partial charge in [0, 0.05) is 5.56 Å². The highest BCUT2D eigenvalue weighted by Crippen LogP contribution is 2.24. The zero-order chi connectivity index (χ0) is 13.3. The molecule has 1 aromatic carbocycles. The number of hydrogen-bond acceptors (Lipinski definition) is 3. The van der Waals surface area contributed by atoms with E-state index in [0.717, 1.165) is 22.4 Å². The van der Waals surface area contributed by atoms with Gasteiger partial charge in [-0.15, -0.1) is 0 Å². The van der Waals surface area contributed by atoms with Crippen molar-refractivity contribution in [1.29, 1.82) is 5.26 Å². The highest BCUT2D eigenvalue weighted by atomic mass is 15.3. The Hall–Kier alpha value is -2.28. The minimum Gasteiger partial charge on any atom is -0.383 e. The number of nitrogen functional groups attached to an aromatic ring is 1. The monoisotopic (exact) mass is 240 g/mol. The van der Waals surface area contributed by atoms with Crippen molar-refractivity contribution in [2.45, 2.75) is 27.2 Å². The lowest BCUT2D eigenvalue weighted by Crippen LogP contribution is -2.07. The quantitative estimate of drug-likeness (QED) is 0.876. The number of anilines is 1. The smallest absolute Gasteiger partial charge is 0.131 e. The Morgan fingerprint density at radius 2 is 1.89 bits per heavy atom. The summed E-state index contributed by atoms with van der Waals surface area (Å²) >= 11 is 0. The van der Waals surface area contributed by atoms with Crippen LogP contribution >= 0.6 is 0 Å². The third-order valence-electron chi connectivity index (χ3n) is 3.00. The first-order valence-corrected chi connectivity index (χ1v) is 5.82. The summed E-state index contributed by atoms with van der Waals surface area (Å²) in [4.78, 5) is 0. The molecule has 0 spiro atoms. The maximum absolute atomic E-state index is 8.73. The molecule has 2 rings (SSSR count). The summed E-state index contributed by atoms with van der Waals surface area (Å²) in [7, 11) is 0. The second kappa shape index (κ2) is 4.53. The second-order valence-corrected chi connectivity index (χ2v) is 4.55. The van der Waals surface area contributed by atoms with E-state index in [1.165, 1.54) is 5.56 Å². The van der Waals surface area contributed by atoms with Crippen LogP contribution in [0.25, 0.3) is 5.69 Å². The number of aryl methyl sites for hydroxylation is 3. The minimum atomic E-state index is 0.287. The first-order chi connectivity index (χ1) is 8.54. The Labute approximate surface area is 107 Å². The summed E-state index contributed by atoms with van der Waals surface area (Å²) in [6.07, 6.45) is 1.95. The molecule has 92 valence electrons. The van der Waals surface area contributed by atoms with Crippen LogP contribution in [0.15, 0.2) is 18.3 Å². The van der Waals surface area contributed by atoms with Crippen molar-refractivity contribution in [1.82, 2.24) is 9.78 Å². The topological polar surface area (TPSA) is 67.6 Å². The summed E-state index contributed by atoms with van der Waals surface area (Å²) in [6, 6.07) is 6.30. The summed E-state index contributed by atoms with van der Waals surface area (Å²) in [6.45, 7) is 6.15. The van der Waals surface area contributed by atoms with Gasteiger partial charge >= 0.3 is 0 Å². The molecule has 0 fully saturated rings. The normalized spacial score (nSPS) is 10.3. The fourth-order valence-corrected chi connectivity index (χ4v) is 2.30. The van der Waals surface area contributed by atoms with Gasteiger partial charge in [-0.25, -0.2) is 4.68 Å². The van der Waals surface area contributed by atoms with Crippen LogP contribution in [0.2, 0.25) is 0 Å². The van der Waals surface area contributed by atoms with Gasteiger partial charge in [-0.1, -0.05) is 17.7 Å². The average molecular weight is 240 g/mol. The summed E-state index contributed by atoms with van der Waals surface area (Å²) < 4.78 is 1.72. The Balaban J connectivity index is 2.60. The molecule has 2 N–H and O–H groups in total. The third kappa shape index (κ3) is 1.95. The molecule has 18 heavy (non-hydrogen) atoms. The molecule has 1 aromatic heterocycles. The number of rotatable bonds is 2. The molecule has 4 nitrogen and oxygen atoms in total. The van der Waals surface area contributed by atoms with Crippen molar-refractivity contribution in [2.24, 2.45) is 0 Å². The lowest BCUT2D eigenvalue weighted by molar-refractivity contribution is 0.874. The molecule has 2 aromatic rings. The van der Waals surface area contributed by atoms with E-state index in [0.29, 0.717) is 5.82 Å². The number of nitrogens with zero attached hydrogens (tertiary/aromatic N) is 3. The van der Waals surface area contributed by atoms with Crippen LogP contribution in [-0.4, -0.2) is 9.78 Å². The van der Waals surface area contributed by atoms with Gasteiger partial charge in [-0.2, -0.15) is 10.4 Å². The van der Waals surface area contributed by atoms with Crippen molar-refractivity contribution in [2.75, 3.05) is 5.73 Å². The van der Waals surface area contributed by atoms with E-state index >= 15 is 0 Å². The standard InChI is InChI=1S/C14H16N4/c1-9-6-10(2)13(11(3)7-9)18-14(16)12(4-5-15)8-17-18/h6-8H,4,16H2,1-3H3. The lowest BCUT2D eigenvalue weighted by atomic mass is 10.1. The molecule has 0 bridgehead atoms. The van der Waals surface area contributed by atoms with Gasteiger partial charge in [0.1, 0.15) is 5.82 Å². The zero-order valence-electron chi connectivity index (χ0n) is 10.9. The van der Waals surface area contributed by atoms with Gasteiger partial charge in [-0.3, -0.25) is 0 Å². The highest BCUT2D eigenvalue weighted by molar-refractivity contribution is 5.55. The number of benzene rings is 1. The fourth-order valence-electron chi connectivity index (χ4n) is 2.30. The molecule has 0 amide bonds. The van der Waals surface area contributed by atoms with Gasteiger partial charge < -0.3 is 5.73 Å². The molecule has 4 heteroatoms. The molecule has 1 heterocycles. The molecule has 0 saturated carbocycles. The Bertz CT molecular complexity index is 609. The summed E-state index contributed by atoms with van der Waals surface area (Å²) in [5.74, 6) is 0.548.